The topological polar surface area (TPSA) is 73.8 Å². The van der Waals surface area contributed by atoms with E-state index in [1.54, 1.807) is 17.3 Å². The smallest absolute Gasteiger partial charge is 0.410 e. The van der Waals surface area contributed by atoms with Crippen molar-refractivity contribution in [2.24, 2.45) is 0 Å². The van der Waals surface area contributed by atoms with Crippen molar-refractivity contribution < 1.29 is 19.0 Å². The average Bonchev–Trinajstić information content (AvgIpc) is 2.59. The zero-order valence-corrected chi connectivity index (χ0v) is 17.3. The second-order valence-corrected chi connectivity index (χ2v) is 8.81. The molecular weight excluding hydrogens is 366 g/mol. The first-order chi connectivity index (χ1) is 12.8. The molecule has 1 aromatic heterocycles. The maximum absolute atomic E-state index is 12.1. The van der Waals surface area contributed by atoms with Crippen molar-refractivity contribution in [2.45, 2.75) is 75.5 Å². The summed E-state index contributed by atoms with van der Waals surface area (Å²) in [5.41, 5.74) is -0.452. The van der Waals surface area contributed by atoms with E-state index in [1.807, 2.05) is 27.0 Å². The Morgan fingerprint density at radius 1 is 1.11 bits per heavy atom. The summed E-state index contributed by atoms with van der Waals surface area (Å²) in [4.78, 5) is 22.3. The fourth-order valence-electron chi connectivity index (χ4n) is 3.16. The highest BCUT2D eigenvalue weighted by atomic mass is 32.2. The fourth-order valence-corrected chi connectivity index (χ4v) is 3.48. The van der Waals surface area contributed by atoms with Gasteiger partial charge in [-0.25, -0.2) is 14.8 Å². The summed E-state index contributed by atoms with van der Waals surface area (Å²) < 4.78 is 17.5. The molecular formula is C19H29N3O4S. The number of carbonyl (C=O) groups excluding carboxylic acids is 1. The van der Waals surface area contributed by atoms with Crippen LogP contribution in [0.15, 0.2) is 17.6 Å². The minimum atomic E-state index is -0.452. The van der Waals surface area contributed by atoms with E-state index in [-0.39, 0.29) is 24.4 Å². The molecule has 0 spiro atoms. The van der Waals surface area contributed by atoms with E-state index in [2.05, 4.69) is 9.97 Å². The monoisotopic (exact) mass is 395 g/mol. The van der Waals surface area contributed by atoms with E-state index in [9.17, 15) is 4.79 Å². The molecule has 8 heteroatoms. The number of amides is 1. The minimum absolute atomic E-state index is 0.167. The Kier molecular flexibility index (Phi) is 6.47. The maximum Gasteiger partial charge on any atom is 0.410 e. The van der Waals surface area contributed by atoms with Crippen molar-refractivity contribution in [1.82, 2.24) is 14.9 Å². The van der Waals surface area contributed by atoms with Gasteiger partial charge in [0.2, 0.25) is 0 Å². The van der Waals surface area contributed by atoms with E-state index >= 15 is 0 Å². The number of hydrogen-bond donors (Lipinski definition) is 0. The summed E-state index contributed by atoms with van der Waals surface area (Å²) in [7, 11) is 0. The van der Waals surface area contributed by atoms with E-state index in [0.29, 0.717) is 18.8 Å². The molecule has 1 aromatic rings. The third kappa shape index (κ3) is 5.97. The molecule has 150 valence electrons. The van der Waals surface area contributed by atoms with Crippen LogP contribution in [0.4, 0.5) is 4.79 Å². The van der Waals surface area contributed by atoms with Gasteiger partial charge >= 0.3 is 6.09 Å². The third-order valence-electron chi connectivity index (χ3n) is 4.62. The lowest BCUT2D eigenvalue weighted by molar-refractivity contribution is -0.110. The Balaban J connectivity index is 1.33. The van der Waals surface area contributed by atoms with Gasteiger partial charge < -0.3 is 19.1 Å². The molecule has 0 aromatic carbocycles. The van der Waals surface area contributed by atoms with Crippen LogP contribution in [0.3, 0.4) is 0 Å². The number of carbonyl (C=O) groups is 1. The third-order valence-corrected chi connectivity index (χ3v) is 5.20. The van der Waals surface area contributed by atoms with Gasteiger partial charge in [-0.1, -0.05) is 11.8 Å². The highest BCUT2D eigenvalue weighted by Crippen LogP contribution is 2.31. The number of nitrogens with zero attached hydrogens (tertiary/aromatic N) is 3. The largest absolute Gasteiger partial charge is 0.487 e. The van der Waals surface area contributed by atoms with Crippen molar-refractivity contribution in [1.29, 1.82) is 0 Å². The van der Waals surface area contributed by atoms with Crippen molar-refractivity contribution >= 4 is 17.9 Å². The van der Waals surface area contributed by atoms with Crippen molar-refractivity contribution in [3.05, 3.63) is 12.4 Å². The Morgan fingerprint density at radius 3 is 2.30 bits per heavy atom. The zero-order valence-electron chi connectivity index (χ0n) is 16.5. The highest BCUT2D eigenvalue weighted by Gasteiger charge is 2.35. The molecule has 2 aliphatic rings. The SMILES string of the molecule is CSc1ncc(O[C@H]2C[C@H](OC3CCN(C(=O)OC(C)(C)C)CC3)C2)cn1. The molecule has 27 heavy (non-hydrogen) atoms. The summed E-state index contributed by atoms with van der Waals surface area (Å²) in [6.45, 7) is 7.04. The van der Waals surface area contributed by atoms with Crippen molar-refractivity contribution in [3.8, 4) is 5.75 Å². The van der Waals surface area contributed by atoms with Gasteiger partial charge in [0.1, 0.15) is 11.7 Å². The zero-order chi connectivity index (χ0) is 19.4. The van der Waals surface area contributed by atoms with Crippen LogP contribution in [0.2, 0.25) is 0 Å². The average molecular weight is 396 g/mol. The first-order valence-corrected chi connectivity index (χ1v) is 10.7. The number of thioether (sulfide) groups is 1. The molecule has 1 saturated carbocycles. The highest BCUT2D eigenvalue weighted by molar-refractivity contribution is 7.98. The molecule has 2 fully saturated rings. The van der Waals surface area contributed by atoms with E-state index in [0.717, 1.165) is 30.8 Å². The van der Waals surface area contributed by atoms with Crippen LogP contribution < -0.4 is 4.74 Å². The van der Waals surface area contributed by atoms with E-state index in [4.69, 9.17) is 14.2 Å². The lowest BCUT2D eigenvalue weighted by Crippen LogP contribution is -2.46. The number of piperidine rings is 1. The fraction of sp³-hybridized carbons (Fsp3) is 0.737. The minimum Gasteiger partial charge on any atom is -0.487 e. The van der Waals surface area contributed by atoms with Gasteiger partial charge in [0.15, 0.2) is 10.9 Å². The number of aromatic nitrogens is 2. The van der Waals surface area contributed by atoms with Gasteiger partial charge in [-0.2, -0.15) is 0 Å². The lowest BCUT2D eigenvalue weighted by Gasteiger charge is -2.39. The van der Waals surface area contributed by atoms with Gasteiger partial charge in [-0.15, -0.1) is 0 Å². The van der Waals surface area contributed by atoms with Crippen LogP contribution in [0.5, 0.6) is 5.75 Å². The molecule has 1 aliphatic heterocycles. The number of hydrogen-bond acceptors (Lipinski definition) is 7. The summed E-state index contributed by atoms with van der Waals surface area (Å²) in [5.74, 6) is 0.710. The molecule has 1 amide bonds. The molecule has 1 aliphatic carbocycles. The van der Waals surface area contributed by atoms with Gasteiger partial charge in [-0.3, -0.25) is 0 Å². The number of rotatable bonds is 5. The second-order valence-electron chi connectivity index (χ2n) is 8.04. The quantitative estimate of drug-likeness (QED) is 0.558. The molecule has 2 heterocycles. The lowest BCUT2D eigenvalue weighted by atomic mass is 9.91. The van der Waals surface area contributed by atoms with Gasteiger partial charge in [0, 0.05) is 25.9 Å². The van der Waals surface area contributed by atoms with E-state index in [1.165, 1.54) is 11.8 Å². The summed E-state index contributed by atoms with van der Waals surface area (Å²) >= 11 is 1.51. The van der Waals surface area contributed by atoms with Crippen LogP contribution in [0, 0.1) is 0 Å². The first-order valence-electron chi connectivity index (χ1n) is 9.48. The molecule has 0 radical (unpaired) electrons. The predicted molar refractivity (Wildman–Crippen MR) is 103 cm³/mol. The summed E-state index contributed by atoms with van der Waals surface area (Å²) in [5, 5.41) is 0.745. The van der Waals surface area contributed by atoms with Crippen LogP contribution in [-0.4, -0.2) is 64.2 Å². The van der Waals surface area contributed by atoms with Crippen LogP contribution in [0.1, 0.15) is 46.5 Å². The van der Waals surface area contributed by atoms with Gasteiger partial charge in [0.05, 0.1) is 24.6 Å². The van der Waals surface area contributed by atoms with Gasteiger partial charge in [0.25, 0.3) is 0 Å². The van der Waals surface area contributed by atoms with Crippen LogP contribution in [-0.2, 0) is 9.47 Å². The Bertz CT molecular complexity index is 621. The molecule has 0 atom stereocenters. The Labute approximate surface area is 165 Å². The standard InChI is InChI=1S/C19H29N3O4S/c1-19(2,3)26-18(23)22-7-5-13(6-8-22)24-14-9-15(10-14)25-16-11-20-17(27-4)21-12-16/h11-15H,5-10H2,1-4H3/t14-,15-. The Hall–Kier alpha value is -1.54. The molecule has 0 bridgehead atoms. The van der Waals surface area contributed by atoms with Crippen LogP contribution >= 0.6 is 11.8 Å². The number of likely N-dealkylation sites (tertiary alicyclic amines) is 1. The summed E-state index contributed by atoms with van der Waals surface area (Å²) in [6.07, 6.45) is 9.25. The Morgan fingerprint density at radius 2 is 1.74 bits per heavy atom. The first kappa shape index (κ1) is 20.2. The predicted octanol–water partition coefficient (Wildman–Crippen LogP) is 3.52. The summed E-state index contributed by atoms with van der Waals surface area (Å²) in [6, 6.07) is 0. The molecule has 0 unspecified atom stereocenters. The normalized spacial score (nSPS) is 23.6. The van der Waals surface area contributed by atoms with Crippen molar-refractivity contribution in [2.75, 3.05) is 19.3 Å². The molecule has 1 saturated heterocycles. The van der Waals surface area contributed by atoms with Crippen LogP contribution in [0.25, 0.3) is 0 Å². The number of ether oxygens (including phenoxy) is 3. The molecule has 7 nitrogen and oxygen atoms in total. The van der Waals surface area contributed by atoms with Crippen molar-refractivity contribution in [3.63, 3.8) is 0 Å². The molecule has 0 N–H and O–H groups in total. The molecule has 3 rings (SSSR count). The maximum atomic E-state index is 12.1. The second kappa shape index (κ2) is 8.65. The van der Waals surface area contributed by atoms with E-state index < -0.39 is 5.60 Å². The van der Waals surface area contributed by atoms with Gasteiger partial charge in [-0.05, 0) is 39.9 Å².